The van der Waals surface area contributed by atoms with Gasteiger partial charge in [-0.25, -0.2) is 5.43 Å². The largest absolute Gasteiger partial charge is 0.289 e. The van der Waals surface area contributed by atoms with Crippen LogP contribution in [-0.2, 0) is 0 Å². The summed E-state index contributed by atoms with van der Waals surface area (Å²) in [6.07, 6.45) is 1.61. The minimum atomic E-state index is -0.322. The fourth-order valence-corrected chi connectivity index (χ4v) is 2.36. The van der Waals surface area contributed by atoms with Crippen molar-refractivity contribution in [2.24, 2.45) is 5.10 Å². The third-order valence-electron chi connectivity index (χ3n) is 2.79. The minimum Gasteiger partial charge on any atom is -0.272 e. The molecule has 0 aliphatic carbocycles. The molecule has 21 heavy (non-hydrogen) atoms. The van der Waals surface area contributed by atoms with Crippen LogP contribution < -0.4 is 5.43 Å². The molecule has 0 atom stereocenters. The average Bonchev–Trinajstić information content (AvgIpc) is 3.20. The predicted molar refractivity (Wildman–Crippen MR) is 83.4 cm³/mol. The maximum absolute atomic E-state index is 11.9. The first kappa shape index (κ1) is 13.3. The van der Waals surface area contributed by atoms with Gasteiger partial charge in [0.2, 0.25) is 0 Å². The third-order valence-corrected chi connectivity index (χ3v) is 3.60. The molecule has 2 aromatic heterocycles. The lowest BCUT2D eigenvalue weighted by molar-refractivity contribution is 0.0950. The molecule has 3 aromatic rings. The molecular weight excluding hydrogens is 284 g/mol. The molecule has 0 saturated carbocycles. The summed E-state index contributed by atoms with van der Waals surface area (Å²) in [4.78, 5) is 12.9. The summed E-state index contributed by atoms with van der Waals surface area (Å²) >= 11 is 1.55. The molecule has 0 unspecified atom stereocenters. The number of nitrogens with one attached hydrogen (secondary N) is 2. The van der Waals surface area contributed by atoms with Gasteiger partial charge in [-0.05, 0) is 17.5 Å². The molecule has 3 rings (SSSR count). The van der Waals surface area contributed by atoms with E-state index in [1.807, 2.05) is 47.8 Å². The van der Waals surface area contributed by atoms with Crippen LogP contribution in [0.4, 0.5) is 0 Å². The van der Waals surface area contributed by atoms with Gasteiger partial charge in [-0.3, -0.25) is 9.89 Å². The SMILES string of the molecule is O=C(NN=Cc1cccs1)c1cc(-c2ccccc2)n[nH]1. The zero-order chi connectivity index (χ0) is 14.5. The van der Waals surface area contributed by atoms with Crippen LogP contribution in [0.3, 0.4) is 0 Å². The van der Waals surface area contributed by atoms with E-state index in [1.54, 1.807) is 23.6 Å². The Morgan fingerprint density at radius 2 is 2.10 bits per heavy atom. The smallest absolute Gasteiger partial charge is 0.272 e. The Morgan fingerprint density at radius 1 is 1.24 bits per heavy atom. The molecule has 1 amide bonds. The van der Waals surface area contributed by atoms with Crippen molar-refractivity contribution < 1.29 is 4.79 Å². The number of benzene rings is 1. The fourth-order valence-electron chi connectivity index (χ4n) is 1.77. The standard InChI is InChI=1S/C15H12N4OS/c20-15(19-16-10-12-7-4-8-21-12)14-9-13(17-18-14)11-5-2-1-3-6-11/h1-10H,(H,17,18)(H,19,20). The molecule has 0 fully saturated rings. The predicted octanol–water partition coefficient (Wildman–Crippen LogP) is 2.90. The van der Waals surface area contributed by atoms with Gasteiger partial charge in [0.1, 0.15) is 5.69 Å². The van der Waals surface area contributed by atoms with Crippen LogP contribution in [0.25, 0.3) is 11.3 Å². The Morgan fingerprint density at radius 3 is 2.86 bits per heavy atom. The topological polar surface area (TPSA) is 70.1 Å². The highest BCUT2D eigenvalue weighted by Crippen LogP contribution is 2.16. The van der Waals surface area contributed by atoms with Crippen LogP contribution in [0, 0.1) is 0 Å². The lowest BCUT2D eigenvalue weighted by atomic mass is 10.1. The van der Waals surface area contributed by atoms with Gasteiger partial charge in [-0.2, -0.15) is 10.2 Å². The number of carbonyl (C=O) groups is 1. The number of aromatic nitrogens is 2. The molecule has 0 saturated heterocycles. The van der Waals surface area contributed by atoms with Gasteiger partial charge >= 0.3 is 0 Å². The highest BCUT2D eigenvalue weighted by atomic mass is 32.1. The second kappa shape index (κ2) is 6.15. The van der Waals surface area contributed by atoms with E-state index in [-0.39, 0.29) is 5.91 Å². The van der Waals surface area contributed by atoms with Crippen molar-refractivity contribution in [2.75, 3.05) is 0 Å². The normalized spacial score (nSPS) is 10.9. The van der Waals surface area contributed by atoms with E-state index in [0.29, 0.717) is 5.69 Å². The summed E-state index contributed by atoms with van der Waals surface area (Å²) in [5.41, 5.74) is 4.52. The summed E-state index contributed by atoms with van der Waals surface area (Å²) < 4.78 is 0. The van der Waals surface area contributed by atoms with Crippen molar-refractivity contribution in [1.29, 1.82) is 0 Å². The summed E-state index contributed by atoms with van der Waals surface area (Å²) in [5.74, 6) is -0.322. The Hall–Kier alpha value is -2.73. The maximum atomic E-state index is 11.9. The van der Waals surface area contributed by atoms with Crippen molar-refractivity contribution >= 4 is 23.5 Å². The first-order valence-electron chi connectivity index (χ1n) is 6.31. The van der Waals surface area contributed by atoms with Gasteiger partial charge < -0.3 is 0 Å². The molecule has 2 heterocycles. The zero-order valence-corrected chi connectivity index (χ0v) is 11.8. The maximum Gasteiger partial charge on any atom is 0.289 e. The number of aromatic amines is 1. The van der Waals surface area contributed by atoms with Crippen LogP contribution in [0.5, 0.6) is 0 Å². The number of hydrogen-bond donors (Lipinski definition) is 2. The summed E-state index contributed by atoms with van der Waals surface area (Å²) in [6, 6.07) is 15.2. The lowest BCUT2D eigenvalue weighted by Gasteiger charge is -1.94. The Balaban J connectivity index is 1.67. The van der Waals surface area contributed by atoms with Gasteiger partial charge in [0.05, 0.1) is 11.9 Å². The minimum absolute atomic E-state index is 0.322. The number of carbonyl (C=O) groups excluding carboxylic acids is 1. The van der Waals surface area contributed by atoms with E-state index < -0.39 is 0 Å². The molecule has 2 N–H and O–H groups in total. The van der Waals surface area contributed by atoms with E-state index in [1.165, 1.54) is 0 Å². The first-order valence-corrected chi connectivity index (χ1v) is 7.18. The number of thiophene rings is 1. The molecule has 0 radical (unpaired) electrons. The van der Waals surface area contributed by atoms with Crippen molar-refractivity contribution in [3.8, 4) is 11.3 Å². The van der Waals surface area contributed by atoms with Crippen molar-refractivity contribution in [3.05, 3.63) is 64.5 Å². The lowest BCUT2D eigenvalue weighted by Crippen LogP contribution is -2.17. The highest BCUT2D eigenvalue weighted by molar-refractivity contribution is 7.11. The highest BCUT2D eigenvalue weighted by Gasteiger charge is 2.09. The summed E-state index contributed by atoms with van der Waals surface area (Å²) in [7, 11) is 0. The van der Waals surface area contributed by atoms with Gasteiger partial charge in [0, 0.05) is 10.4 Å². The van der Waals surface area contributed by atoms with Crippen molar-refractivity contribution in [1.82, 2.24) is 15.6 Å². The van der Waals surface area contributed by atoms with Crippen LogP contribution in [0.1, 0.15) is 15.4 Å². The Labute approximate surface area is 125 Å². The number of rotatable bonds is 4. The second-order valence-corrected chi connectivity index (χ2v) is 5.23. The molecule has 104 valence electrons. The first-order chi connectivity index (χ1) is 10.3. The number of hydrazone groups is 1. The van der Waals surface area contributed by atoms with Gasteiger partial charge in [-0.1, -0.05) is 36.4 Å². The number of amides is 1. The molecule has 0 spiro atoms. The summed E-state index contributed by atoms with van der Waals surface area (Å²) in [6.45, 7) is 0. The van der Waals surface area contributed by atoms with Gasteiger partial charge in [-0.15, -0.1) is 11.3 Å². The van der Waals surface area contributed by atoms with E-state index in [2.05, 4.69) is 20.7 Å². The molecular formula is C15H12N4OS. The molecule has 6 heteroatoms. The zero-order valence-electron chi connectivity index (χ0n) is 11.0. The third kappa shape index (κ3) is 3.24. The average molecular weight is 296 g/mol. The van der Waals surface area contributed by atoms with Gasteiger partial charge in [0.25, 0.3) is 5.91 Å². The number of H-pyrrole nitrogens is 1. The fraction of sp³-hybridized carbons (Fsp3) is 0. The molecule has 5 nitrogen and oxygen atoms in total. The Kier molecular flexibility index (Phi) is 3.88. The van der Waals surface area contributed by atoms with Crippen LogP contribution >= 0.6 is 11.3 Å². The van der Waals surface area contributed by atoms with E-state index in [0.717, 1.165) is 16.1 Å². The van der Waals surface area contributed by atoms with Crippen molar-refractivity contribution in [3.63, 3.8) is 0 Å². The van der Waals surface area contributed by atoms with Crippen LogP contribution in [-0.4, -0.2) is 22.3 Å². The number of nitrogens with zero attached hydrogens (tertiary/aromatic N) is 2. The molecule has 0 aliphatic rings. The Bertz CT molecular complexity index is 747. The second-order valence-electron chi connectivity index (χ2n) is 4.25. The van der Waals surface area contributed by atoms with Crippen LogP contribution in [0.15, 0.2) is 59.0 Å². The van der Waals surface area contributed by atoms with Crippen molar-refractivity contribution in [2.45, 2.75) is 0 Å². The van der Waals surface area contributed by atoms with Gasteiger partial charge in [0.15, 0.2) is 0 Å². The summed E-state index contributed by atoms with van der Waals surface area (Å²) in [5, 5.41) is 12.7. The van der Waals surface area contributed by atoms with E-state index in [4.69, 9.17) is 0 Å². The van der Waals surface area contributed by atoms with E-state index in [9.17, 15) is 4.79 Å². The van der Waals surface area contributed by atoms with E-state index >= 15 is 0 Å². The monoisotopic (exact) mass is 296 g/mol. The molecule has 0 bridgehead atoms. The quantitative estimate of drug-likeness (QED) is 0.574. The van der Waals surface area contributed by atoms with Crippen LogP contribution in [0.2, 0.25) is 0 Å². The number of hydrogen-bond acceptors (Lipinski definition) is 4. The molecule has 0 aliphatic heterocycles. The molecule has 1 aromatic carbocycles.